The Kier molecular flexibility index (Phi) is 19.6. The number of halogens is 2. The van der Waals surface area contributed by atoms with Crippen LogP contribution in [0.4, 0.5) is 11.4 Å². The highest BCUT2D eigenvalue weighted by atomic mass is 35.5. The van der Waals surface area contributed by atoms with Gasteiger partial charge >= 0.3 is 17.9 Å². The number of unbranched alkanes of at least 4 members (excludes halogenated alkanes) is 7. The van der Waals surface area contributed by atoms with Crippen molar-refractivity contribution >= 4 is 70.1 Å². The number of ether oxygens (including phenoxy) is 3. The van der Waals surface area contributed by atoms with Crippen LogP contribution in [0.25, 0.3) is 0 Å². The molecule has 17 heteroatoms. The van der Waals surface area contributed by atoms with Crippen LogP contribution in [0.3, 0.4) is 0 Å². The maximum Gasteiger partial charge on any atom is 0.356 e. The molecule has 0 aliphatic carbocycles. The summed E-state index contributed by atoms with van der Waals surface area (Å²) in [5.41, 5.74) is 6.57. The SMILES string of the molecule is CC(C)C[C@@H](NC(=O)CCCCCCCCCCNOC(=O)c1ccc2c(c1)C(=O)OC21c2ccc(N(C)C)cc2Oc2cc(N(C)C)ccc21)C(=O)N[C@H](Cc1ccccc1)C(=O)COC(=O)c1c(Cl)cccc1Cl. The molecule has 5 aromatic rings. The molecule has 5 aromatic carbocycles. The van der Waals surface area contributed by atoms with Crippen LogP contribution < -0.4 is 30.7 Å². The van der Waals surface area contributed by atoms with Gasteiger partial charge in [0.15, 0.2) is 18.0 Å². The van der Waals surface area contributed by atoms with E-state index in [1.54, 1.807) is 18.2 Å². The zero-order valence-electron chi connectivity index (χ0n) is 44.0. The third kappa shape index (κ3) is 13.9. The smallest absolute Gasteiger partial charge is 0.356 e. The van der Waals surface area contributed by atoms with Crippen molar-refractivity contribution in [3.05, 3.63) is 152 Å². The molecular weight excluding hydrogens is 1010 g/mol. The monoisotopic (exact) mass is 1080 g/mol. The summed E-state index contributed by atoms with van der Waals surface area (Å²) < 4.78 is 18.1. The first-order valence-corrected chi connectivity index (χ1v) is 26.6. The lowest BCUT2D eigenvalue weighted by molar-refractivity contribution is -0.132. The molecule has 7 rings (SSSR count). The predicted octanol–water partition coefficient (Wildman–Crippen LogP) is 10.6. The fraction of sp³-hybridized carbons (Fsp3) is 0.390. The second-order valence-corrected chi connectivity index (χ2v) is 20.9. The van der Waals surface area contributed by atoms with Gasteiger partial charge in [0.05, 0.1) is 32.8 Å². The van der Waals surface area contributed by atoms with Gasteiger partial charge in [-0.15, -0.1) is 0 Å². The summed E-state index contributed by atoms with van der Waals surface area (Å²) in [6.07, 6.45) is 7.94. The minimum absolute atomic E-state index is 0.0567. The molecule has 0 saturated heterocycles. The van der Waals surface area contributed by atoms with E-state index in [0.717, 1.165) is 61.9 Å². The van der Waals surface area contributed by atoms with Crippen molar-refractivity contribution in [1.82, 2.24) is 16.1 Å². The Morgan fingerprint density at radius 1 is 0.658 bits per heavy atom. The van der Waals surface area contributed by atoms with Crippen LogP contribution in [-0.4, -0.2) is 88.9 Å². The molecular formula is C59H67Cl2N5O10. The minimum atomic E-state index is -1.28. The van der Waals surface area contributed by atoms with Gasteiger partial charge < -0.3 is 39.5 Å². The molecule has 2 atom stereocenters. The fourth-order valence-corrected chi connectivity index (χ4v) is 10.00. The van der Waals surface area contributed by atoms with Gasteiger partial charge in [0.1, 0.15) is 17.5 Å². The van der Waals surface area contributed by atoms with Crippen molar-refractivity contribution in [3.63, 3.8) is 0 Å². The van der Waals surface area contributed by atoms with Crippen LogP contribution in [0.2, 0.25) is 10.0 Å². The van der Waals surface area contributed by atoms with E-state index in [1.165, 1.54) is 18.2 Å². The van der Waals surface area contributed by atoms with Gasteiger partial charge in [-0.3, -0.25) is 14.4 Å². The molecule has 2 heterocycles. The van der Waals surface area contributed by atoms with Crippen molar-refractivity contribution in [2.24, 2.45) is 5.92 Å². The molecule has 0 unspecified atom stereocenters. The number of hydrogen-bond acceptors (Lipinski definition) is 13. The van der Waals surface area contributed by atoms with Crippen LogP contribution in [0, 0.1) is 5.92 Å². The number of nitrogens with one attached hydrogen (secondary N) is 3. The lowest BCUT2D eigenvalue weighted by Crippen LogP contribution is -2.53. The molecule has 15 nitrogen and oxygen atoms in total. The standard InChI is InChI=1S/C59H67Cl2N5O10/c1-37(2)31-49(55(69)64-48(32-38-19-14-13-15-20-38)50(67)36-73-58(72)54-46(60)21-18-22-47(54)61)63-53(68)23-16-11-9-7-8-10-12-17-30-62-76-56(70)39-24-27-43-42(33-39)57(71)75-59(43)44-28-25-40(65(3)4)34-51(44)74-52-35-41(66(5)6)26-29-45(52)59/h13-15,18-22,24-29,33-35,37,48-49,62H,7-12,16-17,23,30-32,36H2,1-6H3,(H,63,68)(H,64,69)/t48-,49-/m1/s1. The van der Waals surface area contributed by atoms with Crippen molar-refractivity contribution in [3.8, 4) is 11.5 Å². The number of esters is 2. The number of carbonyl (C=O) groups excluding carboxylic acids is 6. The van der Waals surface area contributed by atoms with Gasteiger partial charge in [-0.05, 0) is 85.7 Å². The highest BCUT2D eigenvalue weighted by Gasteiger charge is 2.54. The Hall–Kier alpha value is -6.94. The molecule has 2 amide bonds. The van der Waals surface area contributed by atoms with Crippen LogP contribution >= 0.6 is 23.2 Å². The van der Waals surface area contributed by atoms with Gasteiger partial charge in [-0.2, -0.15) is 5.48 Å². The molecule has 0 fully saturated rings. The predicted molar refractivity (Wildman–Crippen MR) is 294 cm³/mol. The zero-order chi connectivity index (χ0) is 54.5. The summed E-state index contributed by atoms with van der Waals surface area (Å²) >= 11 is 12.3. The number of ketones is 1. The molecule has 1 spiro atoms. The van der Waals surface area contributed by atoms with Crippen LogP contribution in [0.15, 0.2) is 103 Å². The maximum absolute atomic E-state index is 13.7. The fourth-order valence-electron chi connectivity index (χ4n) is 9.45. The number of hydroxylamine groups is 1. The largest absolute Gasteiger partial charge is 0.456 e. The van der Waals surface area contributed by atoms with E-state index in [4.69, 9.17) is 42.3 Å². The van der Waals surface area contributed by atoms with Crippen LogP contribution in [0.1, 0.15) is 131 Å². The maximum atomic E-state index is 13.7. The lowest BCUT2D eigenvalue weighted by atomic mass is 9.77. The van der Waals surface area contributed by atoms with E-state index < -0.39 is 53.9 Å². The number of anilines is 2. The van der Waals surface area contributed by atoms with E-state index in [1.807, 2.05) is 119 Å². The Morgan fingerprint density at radius 3 is 1.86 bits per heavy atom. The van der Waals surface area contributed by atoms with E-state index in [-0.39, 0.29) is 51.4 Å². The number of hydrogen-bond donors (Lipinski definition) is 3. The topological polar surface area (TPSA) is 182 Å². The van der Waals surface area contributed by atoms with Gasteiger partial charge in [-0.25, -0.2) is 14.4 Å². The number of benzene rings is 5. The van der Waals surface area contributed by atoms with Crippen molar-refractivity contribution in [2.75, 3.05) is 51.1 Å². The zero-order valence-corrected chi connectivity index (χ0v) is 45.5. The van der Waals surface area contributed by atoms with E-state index >= 15 is 0 Å². The first-order chi connectivity index (χ1) is 36.5. The molecule has 0 bridgehead atoms. The molecule has 402 valence electrons. The first-order valence-electron chi connectivity index (χ1n) is 25.9. The van der Waals surface area contributed by atoms with Crippen LogP contribution in [-0.2, 0) is 40.7 Å². The van der Waals surface area contributed by atoms with Crippen molar-refractivity contribution in [2.45, 2.75) is 102 Å². The highest BCUT2D eigenvalue weighted by Crippen LogP contribution is 2.57. The van der Waals surface area contributed by atoms with Crippen molar-refractivity contribution in [1.29, 1.82) is 0 Å². The number of carbonyl (C=O) groups is 6. The van der Waals surface area contributed by atoms with Gasteiger partial charge in [-0.1, -0.05) is 118 Å². The Bertz CT molecular complexity index is 2830. The van der Waals surface area contributed by atoms with E-state index in [9.17, 15) is 28.8 Å². The molecule has 2 aliphatic rings. The summed E-state index contributed by atoms with van der Waals surface area (Å²) in [4.78, 5) is 89.5. The van der Waals surface area contributed by atoms with E-state index in [0.29, 0.717) is 47.6 Å². The number of amides is 2. The quantitative estimate of drug-likeness (QED) is 0.0206. The third-order valence-electron chi connectivity index (χ3n) is 13.5. The summed E-state index contributed by atoms with van der Waals surface area (Å²) in [7, 11) is 7.78. The summed E-state index contributed by atoms with van der Waals surface area (Å²) in [5.74, 6) is -2.10. The molecule has 76 heavy (non-hydrogen) atoms. The number of Topliss-reactive ketones (excluding diaryl/α,β-unsaturated/α-hetero) is 1. The third-order valence-corrected chi connectivity index (χ3v) is 14.1. The minimum Gasteiger partial charge on any atom is -0.456 e. The molecule has 2 aliphatic heterocycles. The first kappa shape index (κ1) is 56.8. The highest BCUT2D eigenvalue weighted by molar-refractivity contribution is 6.39. The lowest BCUT2D eigenvalue weighted by Gasteiger charge is -2.37. The summed E-state index contributed by atoms with van der Waals surface area (Å²) in [6, 6.07) is 28.4. The second kappa shape index (κ2) is 26.2. The van der Waals surface area contributed by atoms with Gasteiger partial charge in [0.25, 0.3) is 0 Å². The molecule has 0 aromatic heterocycles. The Labute approximate surface area is 454 Å². The Balaban J connectivity index is 0.813. The molecule has 0 saturated carbocycles. The average Bonchev–Trinajstić information content (AvgIpc) is 3.79. The number of fused-ring (bicyclic) bond motifs is 6. The van der Waals surface area contributed by atoms with Gasteiger partial charge in [0.2, 0.25) is 11.8 Å². The van der Waals surface area contributed by atoms with Crippen LogP contribution in [0.5, 0.6) is 11.5 Å². The normalized spacial score (nSPS) is 13.6. The average molecular weight is 1080 g/mol. The summed E-state index contributed by atoms with van der Waals surface area (Å²) in [6.45, 7) is 3.73. The molecule has 0 radical (unpaired) electrons. The van der Waals surface area contributed by atoms with Gasteiger partial charge in [0, 0.05) is 81.4 Å². The Morgan fingerprint density at radius 2 is 1.25 bits per heavy atom. The summed E-state index contributed by atoms with van der Waals surface area (Å²) in [5, 5.41) is 5.88. The number of nitrogens with zero attached hydrogens (tertiary/aromatic N) is 2. The number of rotatable bonds is 26. The van der Waals surface area contributed by atoms with Crippen molar-refractivity contribution < 1.29 is 47.8 Å². The molecule has 3 N–H and O–H groups in total. The second-order valence-electron chi connectivity index (χ2n) is 20.1. The van der Waals surface area contributed by atoms with E-state index in [2.05, 4.69) is 16.1 Å².